The van der Waals surface area contributed by atoms with Gasteiger partial charge < -0.3 is 19.3 Å². The molecule has 0 aliphatic rings. The average molecular weight is 483 g/mol. The number of benzene rings is 3. The van der Waals surface area contributed by atoms with Crippen molar-refractivity contribution in [3.8, 4) is 34.3 Å². The third-order valence-electron chi connectivity index (χ3n) is 5.06. The van der Waals surface area contributed by atoms with E-state index >= 15 is 0 Å². The van der Waals surface area contributed by atoms with Gasteiger partial charge in [0.05, 0.1) is 23.4 Å². The third kappa shape index (κ3) is 4.82. The van der Waals surface area contributed by atoms with Crippen LogP contribution in [-0.2, 0) is 11.3 Å². The summed E-state index contributed by atoms with van der Waals surface area (Å²) in [6.45, 7) is 1.68. The van der Waals surface area contributed by atoms with Crippen LogP contribution in [0.2, 0.25) is 5.02 Å². The maximum Gasteiger partial charge on any atom is 0.337 e. The number of nitrogens with zero attached hydrogens (tertiary/aromatic N) is 1. The number of methoxy groups -OCH3 is 1. The van der Waals surface area contributed by atoms with Crippen molar-refractivity contribution in [3.63, 3.8) is 0 Å². The number of ether oxygens (including phenoxy) is 3. The number of aromatic amines is 1. The lowest BCUT2D eigenvalue weighted by Gasteiger charge is -2.11. The highest BCUT2D eigenvalue weighted by atomic mass is 35.5. The summed E-state index contributed by atoms with van der Waals surface area (Å²) < 4.78 is 30.2. The number of aromatic hydroxyl groups is 1. The van der Waals surface area contributed by atoms with E-state index in [-0.39, 0.29) is 22.9 Å². The molecule has 1 heterocycles. The molecule has 0 fully saturated rings. The molecule has 1 aromatic heterocycles. The number of aryl methyl sites for hydroxylation is 1. The number of esters is 1. The van der Waals surface area contributed by atoms with E-state index in [9.17, 15) is 14.3 Å². The normalized spacial score (nSPS) is 10.7. The molecule has 0 aliphatic carbocycles. The van der Waals surface area contributed by atoms with E-state index in [1.54, 1.807) is 49.4 Å². The number of hydrogen-bond donors (Lipinski definition) is 2. The Balaban J connectivity index is 1.54. The monoisotopic (exact) mass is 482 g/mol. The van der Waals surface area contributed by atoms with E-state index in [2.05, 4.69) is 10.2 Å². The molecule has 0 saturated heterocycles. The molecule has 3 aromatic carbocycles. The molecule has 4 rings (SSSR count). The van der Waals surface area contributed by atoms with Gasteiger partial charge in [-0.15, -0.1) is 0 Å². The number of aromatic nitrogens is 2. The largest absolute Gasteiger partial charge is 0.507 e. The molecule has 0 unspecified atom stereocenters. The van der Waals surface area contributed by atoms with Crippen LogP contribution in [0.4, 0.5) is 4.39 Å². The summed E-state index contributed by atoms with van der Waals surface area (Å²) >= 11 is 6.03. The third-order valence-corrected chi connectivity index (χ3v) is 5.41. The molecule has 174 valence electrons. The van der Waals surface area contributed by atoms with Gasteiger partial charge in [0, 0.05) is 17.2 Å². The second kappa shape index (κ2) is 9.84. The molecule has 0 atom stereocenters. The molecule has 34 heavy (non-hydrogen) atoms. The van der Waals surface area contributed by atoms with Crippen LogP contribution >= 0.6 is 11.6 Å². The molecule has 7 nitrogen and oxygen atoms in total. The van der Waals surface area contributed by atoms with Gasteiger partial charge >= 0.3 is 5.97 Å². The van der Waals surface area contributed by atoms with Gasteiger partial charge in [-0.25, -0.2) is 9.18 Å². The molecule has 0 bridgehead atoms. The molecule has 0 amide bonds. The van der Waals surface area contributed by atoms with Crippen LogP contribution in [0.3, 0.4) is 0 Å². The van der Waals surface area contributed by atoms with Crippen molar-refractivity contribution in [2.24, 2.45) is 0 Å². The number of rotatable bonds is 7. The summed E-state index contributed by atoms with van der Waals surface area (Å²) in [6.07, 6.45) is 0. The Kier molecular flexibility index (Phi) is 6.70. The van der Waals surface area contributed by atoms with Crippen LogP contribution in [0.5, 0.6) is 23.0 Å². The summed E-state index contributed by atoms with van der Waals surface area (Å²) in [6, 6.07) is 15.5. The first kappa shape index (κ1) is 23.1. The molecule has 9 heteroatoms. The van der Waals surface area contributed by atoms with Gasteiger partial charge in [-0.05, 0) is 55.5 Å². The van der Waals surface area contributed by atoms with Gasteiger partial charge in [-0.3, -0.25) is 5.10 Å². The molecule has 0 radical (unpaired) electrons. The number of carbonyl (C=O) groups is 1. The predicted molar refractivity (Wildman–Crippen MR) is 124 cm³/mol. The van der Waals surface area contributed by atoms with Gasteiger partial charge in [-0.2, -0.15) is 5.10 Å². The summed E-state index contributed by atoms with van der Waals surface area (Å²) in [5, 5.41) is 18.0. The Bertz CT molecular complexity index is 1320. The lowest BCUT2D eigenvalue weighted by Crippen LogP contribution is -2.00. The number of nitrogens with one attached hydrogen (secondary N) is 1. The van der Waals surface area contributed by atoms with E-state index in [0.717, 1.165) is 0 Å². The molecule has 0 aliphatic heterocycles. The minimum Gasteiger partial charge on any atom is -0.507 e. The maximum absolute atomic E-state index is 14.0. The minimum atomic E-state index is -0.471. The summed E-state index contributed by atoms with van der Waals surface area (Å²) in [5.41, 5.74) is 2.05. The Hall–Kier alpha value is -4.04. The smallest absolute Gasteiger partial charge is 0.337 e. The Morgan fingerprint density at radius 2 is 1.85 bits per heavy atom. The van der Waals surface area contributed by atoms with Crippen molar-refractivity contribution in [1.82, 2.24) is 10.2 Å². The molecule has 0 saturated carbocycles. The highest BCUT2D eigenvalue weighted by molar-refractivity contribution is 6.31. The van der Waals surface area contributed by atoms with Crippen molar-refractivity contribution in [2.75, 3.05) is 7.11 Å². The van der Waals surface area contributed by atoms with Crippen LogP contribution in [0, 0.1) is 12.7 Å². The number of hydrogen-bond acceptors (Lipinski definition) is 6. The van der Waals surface area contributed by atoms with Crippen molar-refractivity contribution in [1.29, 1.82) is 0 Å². The molecular formula is C25H20ClFN2O5. The van der Waals surface area contributed by atoms with Crippen LogP contribution in [-0.4, -0.2) is 28.4 Å². The summed E-state index contributed by atoms with van der Waals surface area (Å²) in [7, 11) is 1.31. The van der Waals surface area contributed by atoms with Gasteiger partial charge in [0.25, 0.3) is 0 Å². The van der Waals surface area contributed by atoms with Crippen molar-refractivity contribution in [3.05, 3.63) is 88.3 Å². The van der Waals surface area contributed by atoms with Gasteiger partial charge in [0.15, 0.2) is 5.75 Å². The highest BCUT2D eigenvalue weighted by Crippen LogP contribution is 2.40. The first-order valence-electron chi connectivity index (χ1n) is 10.2. The topological polar surface area (TPSA) is 93.7 Å². The summed E-state index contributed by atoms with van der Waals surface area (Å²) in [5.74, 6) is 0.189. The highest BCUT2D eigenvalue weighted by Gasteiger charge is 2.19. The zero-order chi connectivity index (χ0) is 24.2. The number of phenols is 1. The molecule has 0 spiro atoms. The molecule has 4 aromatic rings. The summed E-state index contributed by atoms with van der Waals surface area (Å²) in [4.78, 5) is 11.6. The van der Waals surface area contributed by atoms with E-state index in [1.165, 1.54) is 25.3 Å². The van der Waals surface area contributed by atoms with Crippen molar-refractivity contribution < 1.29 is 28.5 Å². The minimum absolute atomic E-state index is 0.0955. The molecule has 2 N–H and O–H groups in total. The Labute approximate surface area is 199 Å². The van der Waals surface area contributed by atoms with Crippen LogP contribution < -0.4 is 9.47 Å². The van der Waals surface area contributed by atoms with E-state index in [4.69, 9.17) is 25.8 Å². The van der Waals surface area contributed by atoms with Gasteiger partial charge in [-0.1, -0.05) is 17.7 Å². The predicted octanol–water partition coefficient (Wildman–Crippen LogP) is 6.04. The van der Waals surface area contributed by atoms with Crippen LogP contribution in [0.1, 0.15) is 21.6 Å². The fourth-order valence-corrected chi connectivity index (χ4v) is 3.47. The first-order chi connectivity index (χ1) is 16.4. The van der Waals surface area contributed by atoms with E-state index < -0.39 is 11.8 Å². The average Bonchev–Trinajstić information content (AvgIpc) is 3.18. The second-order valence-corrected chi connectivity index (χ2v) is 7.72. The lowest BCUT2D eigenvalue weighted by atomic mass is 10.1. The van der Waals surface area contributed by atoms with Crippen molar-refractivity contribution >= 4 is 17.6 Å². The zero-order valence-electron chi connectivity index (χ0n) is 18.3. The second-order valence-electron chi connectivity index (χ2n) is 7.31. The fraction of sp³-hybridized carbons (Fsp3) is 0.120. The van der Waals surface area contributed by atoms with E-state index in [0.29, 0.717) is 39.8 Å². The first-order valence-corrected chi connectivity index (χ1v) is 10.6. The SMILES string of the molecule is COC(=O)c1ccc(Oc2c(-c3ccc(OCc4c(F)cccc4Cl)cc3O)n[nH]c2C)cc1. The maximum atomic E-state index is 14.0. The number of phenolic OH excluding ortho intramolecular Hbond substituents is 1. The zero-order valence-corrected chi connectivity index (χ0v) is 19.0. The molecular weight excluding hydrogens is 463 g/mol. The standard InChI is InChI=1S/C25H20ClFN2O5/c1-14-24(34-16-8-6-15(7-9-16)25(31)32-2)23(29-28-14)18-11-10-17(12-22(18)30)33-13-19-20(26)4-3-5-21(19)27/h3-12,30H,13H2,1-2H3,(H,28,29). The lowest BCUT2D eigenvalue weighted by molar-refractivity contribution is 0.0600. The van der Waals surface area contributed by atoms with E-state index in [1.807, 2.05) is 0 Å². The number of carbonyl (C=O) groups excluding carboxylic acids is 1. The van der Waals surface area contributed by atoms with Gasteiger partial charge in [0.2, 0.25) is 0 Å². The Morgan fingerprint density at radius 3 is 2.53 bits per heavy atom. The van der Waals surface area contributed by atoms with Crippen molar-refractivity contribution in [2.45, 2.75) is 13.5 Å². The quantitative estimate of drug-likeness (QED) is 0.312. The van der Waals surface area contributed by atoms with Crippen LogP contribution in [0.25, 0.3) is 11.3 Å². The fourth-order valence-electron chi connectivity index (χ4n) is 3.25. The number of halogens is 2. The van der Waals surface area contributed by atoms with Gasteiger partial charge in [0.1, 0.15) is 35.4 Å². The van der Waals surface area contributed by atoms with Crippen LogP contribution in [0.15, 0.2) is 60.7 Å². The number of H-pyrrole nitrogens is 1. The Morgan fingerprint density at radius 1 is 1.12 bits per heavy atom.